The summed E-state index contributed by atoms with van der Waals surface area (Å²) in [7, 11) is 8.36. The number of piperazine rings is 6. The number of hydrogen-bond acceptors (Lipinski definition) is 13. The highest BCUT2D eigenvalue weighted by molar-refractivity contribution is 5.96. The van der Waals surface area contributed by atoms with Gasteiger partial charge in [0.2, 0.25) is 0 Å². The van der Waals surface area contributed by atoms with Crippen molar-refractivity contribution in [2.75, 3.05) is 225 Å². The molecule has 714 valence electrons. The second kappa shape index (κ2) is 47.0. The Morgan fingerprint density at radius 1 is 0.274 bits per heavy atom. The first-order valence-corrected chi connectivity index (χ1v) is 50.4. The minimum Gasteiger partial charge on any atom is -0.497 e. The molecule has 19 nitrogen and oxygen atoms in total. The van der Waals surface area contributed by atoms with E-state index in [0.29, 0.717) is 0 Å². The zero-order chi connectivity index (χ0) is 93.9. The third-order valence-electron chi connectivity index (χ3n) is 30.3. The van der Waals surface area contributed by atoms with Gasteiger partial charge in [0.25, 0.3) is 17.7 Å². The van der Waals surface area contributed by atoms with Gasteiger partial charge in [0.15, 0.2) is 0 Å². The molecule has 0 aliphatic carbocycles. The van der Waals surface area contributed by atoms with Gasteiger partial charge in [-0.05, 0) is 304 Å². The molecule has 0 saturated carbocycles. The number of benzene rings is 9. The van der Waals surface area contributed by atoms with Crippen molar-refractivity contribution in [3.05, 3.63) is 313 Å². The molecule has 0 atom stereocenters. The minimum absolute atomic E-state index is 0.104. The first-order valence-electron chi connectivity index (χ1n) is 50.4. The predicted molar refractivity (Wildman–Crippen MR) is 552 cm³/mol. The number of hydrogen-bond donors (Lipinski definition) is 0. The fourth-order valence-corrected chi connectivity index (χ4v) is 21.0. The van der Waals surface area contributed by atoms with Crippen LogP contribution in [-0.4, -0.2) is 315 Å². The number of fused-ring (bicyclic) bond motifs is 3. The van der Waals surface area contributed by atoms with Crippen LogP contribution in [0.4, 0.5) is 4.39 Å². The topological polar surface area (TPSA) is 114 Å². The fraction of sp³-hybridized carbons (Fsp3) is 0.452. The number of aryl methyl sites for hydroxylation is 6. The van der Waals surface area contributed by atoms with E-state index in [-0.39, 0.29) is 23.5 Å². The van der Waals surface area contributed by atoms with E-state index in [1.807, 2.05) is 69.3 Å². The first-order chi connectivity index (χ1) is 65.6. The summed E-state index contributed by atoms with van der Waals surface area (Å²) in [4.78, 5) is 68.2. The molecule has 18 rings (SSSR count). The Labute approximate surface area is 803 Å². The van der Waals surface area contributed by atoms with Gasteiger partial charge in [-0.15, -0.1) is 0 Å². The van der Waals surface area contributed by atoms with E-state index in [9.17, 15) is 18.8 Å². The first kappa shape index (κ1) is 97.5. The van der Waals surface area contributed by atoms with Crippen molar-refractivity contribution >= 4 is 50.4 Å². The van der Waals surface area contributed by atoms with Crippen LogP contribution < -0.4 is 4.74 Å². The summed E-state index contributed by atoms with van der Waals surface area (Å²) in [5.41, 5.74) is 26.0. The van der Waals surface area contributed by atoms with Gasteiger partial charge < -0.3 is 62.5 Å². The van der Waals surface area contributed by atoms with Gasteiger partial charge in [-0.25, -0.2) is 4.39 Å². The van der Waals surface area contributed by atoms with Gasteiger partial charge in [0.05, 0.1) is 7.11 Å². The molecule has 3 aromatic heterocycles. The van der Waals surface area contributed by atoms with Crippen LogP contribution in [0, 0.1) is 47.4 Å². The van der Waals surface area contributed by atoms with Crippen LogP contribution >= 0.6 is 0 Å². The van der Waals surface area contributed by atoms with Crippen molar-refractivity contribution in [1.29, 1.82) is 0 Å². The van der Waals surface area contributed by atoms with E-state index < -0.39 is 0 Å². The molecule has 3 amide bonds. The maximum Gasteiger partial charge on any atom is 0.253 e. The van der Waals surface area contributed by atoms with Crippen LogP contribution in [0.3, 0.4) is 0 Å². The molecular formula is C115H148FN15O4. The second-order valence-corrected chi connectivity index (χ2v) is 39.4. The molecule has 6 fully saturated rings. The highest BCUT2D eigenvalue weighted by Gasteiger charge is 2.28. The molecule has 9 heterocycles. The van der Waals surface area contributed by atoms with Crippen molar-refractivity contribution in [2.45, 2.75) is 119 Å². The van der Waals surface area contributed by atoms with Crippen molar-refractivity contribution in [2.24, 2.45) is 0 Å². The molecule has 12 aromatic rings. The SMILES string of the molecule is COc1cccc(CCN2CCN(C(=O)c3ccc(Cc4ccc5c(c4)c(C)c(C)n5CCCN4CCN(C)CC4)cc3)CC2)c1.Cc1c(C)n(CCCN2CCN(C)CC2)c2ccc(Cc3ccc(C(=O)N4CCN(CCc5cccc(F)c5)CC4)cc3)cc12.Cc1c(C)n(CCCN2CCN(C)CC2)c2ccc(Cc3ccc(C(=O)N4CCN(CCc5ccccc5)CC4)cc3)cc12. The number of carbonyl (C=O) groups is 3. The van der Waals surface area contributed by atoms with Gasteiger partial charge in [0.1, 0.15) is 11.6 Å². The van der Waals surface area contributed by atoms with Gasteiger partial charge in [-0.2, -0.15) is 0 Å². The summed E-state index contributed by atoms with van der Waals surface area (Å²) in [6, 6.07) is 71.4. The molecule has 6 aliphatic heterocycles. The van der Waals surface area contributed by atoms with E-state index >= 15 is 0 Å². The molecule has 0 radical (unpaired) electrons. The smallest absolute Gasteiger partial charge is 0.253 e. The van der Waals surface area contributed by atoms with E-state index in [1.54, 1.807) is 19.2 Å². The summed E-state index contributed by atoms with van der Waals surface area (Å²) in [6.07, 6.45) is 9.00. The number of carbonyl (C=O) groups excluding carboxylic acids is 3. The third kappa shape index (κ3) is 25.8. The monoisotopic (exact) mass is 1820 g/mol. The summed E-state index contributed by atoms with van der Waals surface area (Å²) in [6.45, 7) is 47.3. The number of rotatable bonds is 31. The van der Waals surface area contributed by atoms with Crippen LogP contribution in [-0.2, 0) is 58.2 Å². The molecule has 0 bridgehead atoms. The van der Waals surface area contributed by atoms with Crippen molar-refractivity contribution in [1.82, 2.24) is 72.5 Å². The zero-order valence-electron chi connectivity index (χ0n) is 82.5. The van der Waals surface area contributed by atoms with Gasteiger partial charge in [0, 0.05) is 263 Å². The Balaban J connectivity index is 0.000000147. The molecule has 9 aromatic carbocycles. The van der Waals surface area contributed by atoms with E-state index in [4.69, 9.17) is 4.74 Å². The Bertz CT molecular complexity index is 5880. The van der Waals surface area contributed by atoms with E-state index in [1.165, 1.54) is 228 Å². The Kier molecular flexibility index (Phi) is 33.9. The van der Waals surface area contributed by atoms with Crippen LogP contribution in [0.15, 0.2) is 206 Å². The molecule has 6 saturated heterocycles. The Morgan fingerprint density at radius 3 is 0.874 bits per heavy atom. The van der Waals surface area contributed by atoms with Crippen LogP contribution in [0.5, 0.6) is 5.75 Å². The Morgan fingerprint density at radius 2 is 0.556 bits per heavy atom. The lowest BCUT2D eigenvalue weighted by molar-refractivity contribution is 0.0632. The van der Waals surface area contributed by atoms with Gasteiger partial charge in [-0.3, -0.25) is 29.1 Å². The van der Waals surface area contributed by atoms with Gasteiger partial charge >= 0.3 is 0 Å². The average Bonchev–Trinajstić information content (AvgIpc) is 1.64. The predicted octanol–water partition coefficient (Wildman–Crippen LogP) is 16.6. The molecule has 0 spiro atoms. The average molecular weight is 1820 g/mol. The summed E-state index contributed by atoms with van der Waals surface area (Å²) >= 11 is 0. The largest absolute Gasteiger partial charge is 0.497 e. The molecule has 0 unspecified atom stereocenters. The van der Waals surface area contributed by atoms with E-state index in [0.717, 1.165) is 191 Å². The zero-order valence-corrected chi connectivity index (χ0v) is 82.5. The van der Waals surface area contributed by atoms with Crippen molar-refractivity contribution in [3.63, 3.8) is 0 Å². The standard InChI is InChI=1S/C39H51N5O2.C38H48FN5O.C38H49N5O/c1-30-31(2)44(17-6-16-41-21-19-40(3)20-22-41)38-14-11-34(29-37(30)38)27-33-9-12-35(13-10-33)39(45)43-25-23-42(24-26-43)18-15-32-7-5-8-36(28-32)46-4;1-29-30(2)44(16-5-15-41-20-18-40(3)19-21-41)37-13-10-33(28-36(29)37)26-32-8-11-34(12-9-32)38(45)43-24-22-42(23-25-43)17-14-31-6-4-7-35(39)27-31;1-30-31(2)43(18-7-17-40-22-20-39(3)21-23-40)37-15-12-34(29-36(30)37)28-33-10-13-35(14-11-33)38(44)42-26-24-41(25-27-42)19-16-32-8-5-4-6-9-32/h5,7-14,28-29H,6,15-27H2,1-4H3;4,6-13,27-28H,5,14-26H2,1-3H3;4-6,8-15,29H,7,16-28H2,1-3H3. The summed E-state index contributed by atoms with van der Waals surface area (Å²) < 4.78 is 26.4. The molecule has 135 heavy (non-hydrogen) atoms. The van der Waals surface area contributed by atoms with Crippen molar-refractivity contribution < 1.29 is 23.5 Å². The number of nitrogens with zero attached hydrogens (tertiary/aromatic N) is 15. The quantitative estimate of drug-likeness (QED) is 0.0411. The van der Waals surface area contributed by atoms with E-state index in [2.05, 4.69) is 254 Å². The maximum atomic E-state index is 13.5. The minimum atomic E-state index is -0.183. The number of ether oxygens (including phenoxy) is 1. The van der Waals surface area contributed by atoms with Crippen molar-refractivity contribution in [3.8, 4) is 5.75 Å². The normalized spacial score (nSPS) is 16.9. The lowest BCUT2D eigenvalue weighted by Crippen LogP contribution is -2.49. The molecule has 6 aliphatic rings. The third-order valence-corrected chi connectivity index (χ3v) is 30.3. The second-order valence-electron chi connectivity index (χ2n) is 39.4. The molecule has 0 N–H and O–H groups in total. The molecular weight excluding hydrogens is 1670 g/mol. The van der Waals surface area contributed by atoms with Crippen LogP contribution in [0.1, 0.15) is 134 Å². The van der Waals surface area contributed by atoms with Crippen LogP contribution in [0.25, 0.3) is 32.7 Å². The number of halogens is 1. The maximum absolute atomic E-state index is 13.5. The Hall–Kier alpha value is -10.6. The number of methoxy groups -OCH3 is 1. The summed E-state index contributed by atoms with van der Waals surface area (Å²) in [5.74, 6) is 1.12. The lowest BCUT2D eigenvalue weighted by atomic mass is 10.0. The number of amides is 3. The highest BCUT2D eigenvalue weighted by Crippen LogP contribution is 2.33. The molecule has 20 heteroatoms. The summed E-state index contributed by atoms with van der Waals surface area (Å²) in [5, 5.41) is 4.09. The number of aromatic nitrogens is 3. The fourth-order valence-electron chi connectivity index (χ4n) is 21.0. The number of likely N-dealkylation sites (N-methyl/N-ethyl adjacent to an activating group) is 3. The van der Waals surface area contributed by atoms with Gasteiger partial charge in [-0.1, -0.05) is 109 Å². The van der Waals surface area contributed by atoms with Crippen LogP contribution in [0.2, 0.25) is 0 Å². The lowest BCUT2D eigenvalue weighted by Gasteiger charge is -2.34. The highest BCUT2D eigenvalue weighted by atomic mass is 19.1.